The molecular weight excluding hydrogens is 264 g/mol. The van der Waals surface area contributed by atoms with E-state index in [0.29, 0.717) is 0 Å². The van der Waals surface area contributed by atoms with Crippen LogP contribution in [0.5, 0.6) is 0 Å². The lowest BCUT2D eigenvalue weighted by Crippen LogP contribution is -1.87. The van der Waals surface area contributed by atoms with Crippen molar-refractivity contribution in [3.8, 4) is 11.1 Å². The first-order valence-corrected chi connectivity index (χ1v) is 7.55. The summed E-state index contributed by atoms with van der Waals surface area (Å²) in [5.74, 6) is 0. The molecule has 0 amide bonds. The molecule has 0 atom stereocenters. The first-order chi connectivity index (χ1) is 10.9. The van der Waals surface area contributed by atoms with E-state index in [1.165, 1.54) is 43.4 Å². The Morgan fingerprint density at radius 1 is 0.591 bits per heavy atom. The fraction of sp³-hybridized carbons (Fsp3) is 0. The van der Waals surface area contributed by atoms with Crippen molar-refractivity contribution in [3.63, 3.8) is 0 Å². The van der Waals surface area contributed by atoms with Gasteiger partial charge in [0.1, 0.15) is 0 Å². The van der Waals surface area contributed by atoms with Crippen LogP contribution in [-0.4, -0.2) is 0 Å². The van der Waals surface area contributed by atoms with E-state index in [1.54, 1.807) is 0 Å². The van der Waals surface area contributed by atoms with Crippen molar-refractivity contribution in [2.45, 2.75) is 0 Å². The zero-order valence-electron chi connectivity index (χ0n) is 12.0. The minimum atomic E-state index is 1.19. The van der Waals surface area contributed by atoms with Gasteiger partial charge in [-0.05, 0) is 55.6 Å². The average molecular weight is 277 g/mol. The Morgan fingerprint density at radius 3 is 2.36 bits per heavy atom. The van der Waals surface area contributed by atoms with Crippen LogP contribution in [0, 0.1) is 6.07 Å². The van der Waals surface area contributed by atoms with Crippen molar-refractivity contribution in [3.05, 3.63) is 84.9 Å². The molecule has 0 saturated carbocycles. The highest BCUT2D eigenvalue weighted by molar-refractivity contribution is 6.25. The molecule has 0 spiro atoms. The van der Waals surface area contributed by atoms with E-state index >= 15 is 0 Å². The van der Waals surface area contributed by atoms with E-state index in [1.807, 2.05) is 0 Å². The van der Waals surface area contributed by atoms with Crippen molar-refractivity contribution < 1.29 is 0 Å². The maximum atomic E-state index is 3.44. The van der Waals surface area contributed by atoms with Crippen LogP contribution in [0.1, 0.15) is 0 Å². The molecular formula is C22H13. The smallest absolute Gasteiger partial charge is 0.00143 e. The Hall–Kier alpha value is -2.86. The van der Waals surface area contributed by atoms with Gasteiger partial charge >= 0.3 is 0 Å². The van der Waals surface area contributed by atoms with Gasteiger partial charge in [-0.25, -0.2) is 0 Å². The van der Waals surface area contributed by atoms with Crippen molar-refractivity contribution in [1.29, 1.82) is 0 Å². The summed E-state index contributed by atoms with van der Waals surface area (Å²) in [4.78, 5) is 0. The van der Waals surface area contributed by atoms with Gasteiger partial charge in [0.15, 0.2) is 0 Å². The van der Waals surface area contributed by atoms with E-state index in [4.69, 9.17) is 0 Å². The molecule has 5 aromatic rings. The molecule has 0 unspecified atom stereocenters. The molecule has 0 nitrogen and oxygen atoms in total. The Bertz CT molecular complexity index is 1090. The number of benzene rings is 5. The second-order valence-electron chi connectivity index (χ2n) is 5.75. The van der Waals surface area contributed by atoms with Gasteiger partial charge in [-0.1, -0.05) is 72.8 Å². The van der Waals surface area contributed by atoms with Crippen LogP contribution in [0.3, 0.4) is 0 Å². The predicted octanol–water partition coefficient (Wildman–Crippen LogP) is 6.05. The van der Waals surface area contributed by atoms with Crippen LogP contribution < -0.4 is 0 Å². The molecule has 5 aromatic carbocycles. The monoisotopic (exact) mass is 277 g/mol. The summed E-state index contributed by atoms with van der Waals surface area (Å²) in [7, 11) is 0. The van der Waals surface area contributed by atoms with E-state index in [9.17, 15) is 0 Å². The quantitative estimate of drug-likeness (QED) is 0.327. The van der Waals surface area contributed by atoms with E-state index in [2.05, 4.69) is 84.9 Å². The third-order valence-corrected chi connectivity index (χ3v) is 4.52. The zero-order valence-corrected chi connectivity index (χ0v) is 12.0. The predicted molar refractivity (Wildman–Crippen MR) is 94.4 cm³/mol. The van der Waals surface area contributed by atoms with Gasteiger partial charge in [-0.3, -0.25) is 0 Å². The van der Waals surface area contributed by atoms with Gasteiger partial charge in [-0.15, -0.1) is 0 Å². The molecule has 0 aromatic heterocycles. The maximum Gasteiger partial charge on any atom is -0.00143 e. The Kier molecular flexibility index (Phi) is 2.31. The summed E-state index contributed by atoms with van der Waals surface area (Å²) < 4.78 is 0. The first kappa shape index (κ1) is 11.8. The lowest BCUT2D eigenvalue weighted by molar-refractivity contribution is 1.66. The standard InChI is InChI=1S/C22H13/c1-2-5-15(6-3-1)19-13-11-18-10-9-16-7-4-8-17-12-14-20(19)22(18)21(16)17/h1-9,11-14H. The second kappa shape index (κ2) is 4.32. The maximum absolute atomic E-state index is 3.44. The fourth-order valence-electron chi connectivity index (χ4n) is 3.52. The van der Waals surface area contributed by atoms with Crippen LogP contribution in [0.25, 0.3) is 43.4 Å². The Labute approximate surface area is 129 Å². The third kappa shape index (κ3) is 1.52. The van der Waals surface area contributed by atoms with Gasteiger partial charge in [0.25, 0.3) is 0 Å². The summed E-state index contributed by atoms with van der Waals surface area (Å²) in [6.07, 6.45) is 0. The van der Waals surface area contributed by atoms with Gasteiger partial charge in [0.05, 0.1) is 0 Å². The fourth-order valence-corrected chi connectivity index (χ4v) is 3.52. The Balaban J connectivity index is 2.02. The summed E-state index contributed by atoms with van der Waals surface area (Å²) in [6, 6.07) is 31.5. The largest absolute Gasteiger partial charge is 0.0622 e. The lowest BCUT2D eigenvalue weighted by atomic mass is 9.90. The molecule has 101 valence electrons. The van der Waals surface area contributed by atoms with Crippen molar-refractivity contribution >= 4 is 32.3 Å². The molecule has 0 bridgehead atoms. The number of hydrogen-bond donors (Lipinski definition) is 0. The van der Waals surface area contributed by atoms with Crippen molar-refractivity contribution in [1.82, 2.24) is 0 Å². The summed E-state index contributed by atoms with van der Waals surface area (Å²) in [6.45, 7) is 0. The van der Waals surface area contributed by atoms with Gasteiger partial charge < -0.3 is 0 Å². The average Bonchev–Trinajstić information content (AvgIpc) is 2.60. The summed E-state index contributed by atoms with van der Waals surface area (Å²) in [5.41, 5.74) is 2.56. The van der Waals surface area contributed by atoms with E-state index in [0.717, 1.165) is 0 Å². The summed E-state index contributed by atoms with van der Waals surface area (Å²) in [5, 5.41) is 7.75. The van der Waals surface area contributed by atoms with E-state index < -0.39 is 0 Å². The van der Waals surface area contributed by atoms with Crippen LogP contribution in [0.15, 0.2) is 78.9 Å². The summed E-state index contributed by atoms with van der Waals surface area (Å²) >= 11 is 0. The molecule has 0 fully saturated rings. The van der Waals surface area contributed by atoms with Crippen molar-refractivity contribution in [2.24, 2.45) is 0 Å². The normalized spacial score (nSPS) is 11.6. The molecule has 0 aliphatic carbocycles. The highest BCUT2D eigenvalue weighted by atomic mass is 14.1. The van der Waals surface area contributed by atoms with Gasteiger partial charge in [0, 0.05) is 0 Å². The molecule has 0 aliphatic rings. The number of rotatable bonds is 1. The van der Waals surface area contributed by atoms with Gasteiger partial charge in [-0.2, -0.15) is 0 Å². The molecule has 0 saturated heterocycles. The first-order valence-electron chi connectivity index (χ1n) is 7.55. The molecule has 0 N–H and O–H groups in total. The molecule has 0 heterocycles. The van der Waals surface area contributed by atoms with Crippen LogP contribution in [0.2, 0.25) is 0 Å². The van der Waals surface area contributed by atoms with Crippen LogP contribution >= 0.6 is 0 Å². The highest BCUT2D eigenvalue weighted by Crippen LogP contribution is 2.38. The van der Waals surface area contributed by atoms with E-state index in [-0.39, 0.29) is 0 Å². The van der Waals surface area contributed by atoms with Crippen LogP contribution in [0.4, 0.5) is 0 Å². The minimum absolute atomic E-state index is 1.19. The molecule has 1 radical (unpaired) electrons. The number of hydrogen-bond acceptors (Lipinski definition) is 0. The minimum Gasteiger partial charge on any atom is -0.0622 e. The molecule has 22 heavy (non-hydrogen) atoms. The molecule has 0 heteroatoms. The van der Waals surface area contributed by atoms with Crippen LogP contribution in [-0.2, 0) is 0 Å². The second-order valence-corrected chi connectivity index (χ2v) is 5.75. The SMILES string of the molecule is [c]1cc2cccc3ccc4c(-c5ccccc5)ccc1c4c23. The Morgan fingerprint density at radius 2 is 1.45 bits per heavy atom. The van der Waals surface area contributed by atoms with Crippen molar-refractivity contribution in [2.75, 3.05) is 0 Å². The lowest BCUT2D eigenvalue weighted by Gasteiger charge is -2.13. The zero-order chi connectivity index (χ0) is 14.5. The highest BCUT2D eigenvalue weighted by Gasteiger charge is 2.11. The molecule has 0 aliphatic heterocycles. The van der Waals surface area contributed by atoms with Gasteiger partial charge in [0.2, 0.25) is 0 Å². The third-order valence-electron chi connectivity index (χ3n) is 4.52. The molecule has 5 rings (SSSR count). The topological polar surface area (TPSA) is 0 Å².